The lowest BCUT2D eigenvalue weighted by Gasteiger charge is -2.15. The molecule has 0 heterocycles. The maximum Gasteiger partial charge on any atom is 0.251 e. The van der Waals surface area contributed by atoms with Gasteiger partial charge in [0.05, 0.1) is 12.5 Å². The summed E-state index contributed by atoms with van der Waals surface area (Å²) in [6.07, 6.45) is 1.46. The molecule has 1 aliphatic carbocycles. The van der Waals surface area contributed by atoms with Crippen LogP contribution in [0.15, 0.2) is 18.2 Å². The Morgan fingerprint density at radius 3 is 2.59 bits per heavy atom. The number of carbonyl (C=O) groups excluding carboxylic acids is 2. The van der Waals surface area contributed by atoms with Gasteiger partial charge in [-0.25, -0.2) is 0 Å². The van der Waals surface area contributed by atoms with E-state index < -0.39 is 6.10 Å². The van der Waals surface area contributed by atoms with E-state index in [0.29, 0.717) is 17.3 Å². The van der Waals surface area contributed by atoms with Gasteiger partial charge in [-0.3, -0.25) is 9.59 Å². The zero-order chi connectivity index (χ0) is 16.3. The summed E-state index contributed by atoms with van der Waals surface area (Å²) in [6.45, 7) is 5.61. The standard InChI is InChI=1S/C17H24N2O3/c1-10(2)15(20)9-16(21)19-14-8-12(5-4-11(14)3)17(22)18-13-6-7-13/h4-5,8,10,13,15,20H,6-7,9H2,1-3H3,(H,18,22)(H,19,21). The lowest BCUT2D eigenvalue weighted by molar-refractivity contribution is -0.118. The summed E-state index contributed by atoms with van der Waals surface area (Å²) in [7, 11) is 0. The van der Waals surface area contributed by atoms with Crippen LogP contribution in [0.3, 0.4) is 0 Å². The van der Waals surface area contributed by atoms with Crippen LogP contribution < -0.4 is 10.6 Å². The summed E-state index contributed by atoms with van der Waals surface area (Å²) in [6, 6.07) is 5.56. The van der Waals surface area contributed by atoms with E-state index in [0.717, 1.165) is 18.4 Å². The van der Waals surface area contributed by atoms with Gasteiger partial charge in [-0.1, -0.05) is 19.9 Å². The fourth-order valence-electron chi connectivity index (χ4n) is 2.02. The first kappa shape index (κ1) is 16.5. The van der Waals surface area contributed by atoms with E-state index in [1.54, 1.807) is 12.1 Å². The largest absolute Gasteiger partial charge is 0.392 e. The lowest BCUT2D eigenvalue weighted by atomic mass is 10.0. The number of hydrogen-bond acceptors (Lipinski definition) is 3. The molecule has 0 spiro atoms. The SMILES string of the molecule is Cc1ccc(C(=O)NC2CC2)cc1NC(=O)CC(O)C(C)C. The number of aliphatic hydroxyl groups excluding tert-OH is 1. The first-order valence-electron chi connectivity index (χ1n) is 7.76. The van der Waals surface area contributed by atoms with E-state index in [1.807, 2.05) is 26.8 Å². The highest BCUT2D eigenvalue weighted by Gasteiger charge is 2.24. The predicted octanol–water partition coefficient (Wildman–Crippen LogP) is 2.23. The van der Waals surface area contributed by atoms with Crippen molar-refractivity contribution in [3.8, 4) is 0 Å². The number of carbonyl (C=O) groups is 2. The molecule has 0 aromatic heterocycles. The molecular weight excluding hydrogens is 280 g/mol. The number of hydrogen-bond donors (Lipinski definition) is 3. The molecule has 0 aliphatic heterocycles. The van der Waals surface area contributed by atoms with Gasteiger partial charge in [0, 0.05) is 17.3 Å². The van der Waals surface area contributed by atoms with Gasteiger partial charge >= 0.3 is 0 Å². The summed E-state index contributed by atoms with van der Waals surface area (Å²) < 4.78 is 0. The van der Waals surface area contributed by atoms with Gasteiger partial charge < -0.3 is 15.7 Å². The Labute approximate surface area is 131 Å². The highest BCUT2D eigenvalue weighted by atomic mass is 16.3. The molecule has 0 bridgehead atoms. The minimum absolute atomic E-state index is 0.0301. The fraction of sp³-hybridized carbons (Fsp3) is 0.529. The van der Waals surface area contributed by atoms with Crippen LogP contribution in [-0.2, 0) is 4.79 Å². The van der Waals surface area contributed by atoms with Crippen molar-refractivity contribution in [1.82, 2.24) is 5.32 Å². The molecule has 3 N–H and O–H groups in total. The zero-order valence-electron chi connectivity index (χ0n) is 13.3. The van der Waals surface area contributed by atoms with E-state index in [4.69, 9.17) is 0 Å². The maximum atomic E-state index is 12.0. The first-order chi connectivity index (χ1) is 10.4. The average molecular weight is 304 g/mol. The molecule has 2 rings (SSSR count). The smallest absolute Gasteiger partial charge is 0.251 e. The molecule has 1 fully saturated rings. The van der Waals surface area contributed by atoms with Gasteiger partial charge in [0.1, 0.15) is 0 Å². The van der Waals surface area contributed by atoms with Crippen molar-refractivity contribution in [1.29, 1.82) is 0 Å². The molecule has 120 valence electrons. The summed E-state index contributed by atoms with van der Waals surface area (Å²) in [5, 5.41) is 15.5. The van der Waals surface area contributed by atoms with Gasteiger partial charge in [0.15, 0.2) is 0 Å². The Bertz CT molecular complexity index is 565. The Kier molecular flexibility index (Phi) is 5.19. The van der Waals surface area contributed by atoms with Crippen LogP contribution in [0.25, 0.3) is 0 Å². The monoisotopic (exact) mass is 304 g/mol. The van der Waals surface area contributed by atoms with Gasteiger partial charge in [0.2, 0.25) is 5.91 Å². The minimum atomic E-state index is -0.665. The third-order valence-corrected chi connectivity index (χ3v) is 3.85. The Hall–Kier alpha value is -1.88. The van der Waals surface area contributed by atoms with Crippen molar-refractivity contribution in [3.05, 3.63) is 29.3 Å². The second-order valence-corrected chi connectivity index (χ2v) is 6.34. The van der Waals surface area contributed by atoms with Crippen molar-refractivity contribution < 1.29 is 14.7 Å². The van der Waals surface area contributed by atoms with Crippen LogP contribution >= 0.6 is 0 Å². The predicted molar refractivity (Wildman–Crippen MR) is 85.8 cm³/mol. The van der Waals surface area contributed by atoms with Crippen LogP contribution in [-0.4, -0.2) is 29.1 Å². The van der Waals surface area contributed by atoms with Crippen molar-refractivity contribution in [2.75, 3.05) is 5.32 Å². The van der Waals surface area contributed by atoms with Gasteiger partial charge in [-0.05, 0) is 43.4 Å². The van der Waals surface area contributed by atoms with E-state index in [2.05, 4.69) is 10.6 Å². The third-order valence-electron chi connectivity index (χ3n) is 3.85. The first-order valence-corrected chi connectivity index (χ1v) is 7.76. The summed E-state index contributed by atoms with van der Waals surface area (Å²) in [5.74, 6) is -0.327. The second-order valence-electron chi connectivity index (χ2n) is 6.34. The summed E-state index contributed by atoms with van der Waals surface area (Å²) in [5.41, 5.74) is 2.04. The van der Waals surface area contributed by atoms with Gasteiger partial charge in [-0.15, -0.1) is 0 Å². The Morgan fingerprint density at radius 1 is 1.32 bits per heavy atom. The van der Waals surface area contributed by atoms with E-state index in [9.17, 15) is 14.7 Å². The quantitative estimate of drug-likeness (QED) is 0.754. The van der Waals surface area contributed by atoms with Gasteiger partial charge in [0.25, 0.3) is 5.91 Å². The number of anilines is 1. The second kappa shape index (κ2) is 6.92. The molecule has 1 saturated carbocycles. The molecule has 22 heavy (non-hydrogen) atoms. The van der Waals surface area contributed by atoms with E-state index in [-0.39, 0.29) is 24.2 Å². The molecule has 0 radical (unpaired) electrons. The number of benzene rings is 1. The number of aliphatic hydroxyl groups is 1. The molecule has 1 aliphatic rings. The molecule has 2 amide bonds. The fourth-order valence-corrected chi connectivity index (χ4v) is 2.02. The Balaban J connectivity index is 2.02. The van der Waals surface area contributed by atoms with Crippen molar-refractivity contribution in [2.24, 2.45) is 5.92 Å². The highest BCUT2D eigenvalue weighted by Crippen LogP contribution is 2.21. The van der Waals surface area contributed by atoms with E-state index in [1.165, 1.54) is 0 Å². The van der Waals surface area contributed by atoms with Crippen LogP contribution in [0.4, 0.5) is 5.69 Å². The summed E-state index contributed by atoms with van der Waals surface area (Å²) in [4.78, 5) is 24.0. The summed E-state index contributed by atoms with van der Waals surface area (Å²) >= 11 is 0. The number of rotatable bonds is 6. The molecule has 1 aromatic rings. The zero-order valence-corrected chi connectivity index (χ0v) is 13.3. The molecular formula is C17H24N2O3. The van der Waals surface area contributed by atoms with E-state index >= 15 is 0 Å². The van der Waals surface area contributed by atoms with Crippen LogP contribution in [0.5, 0.6) is 0 Å². The van der Waals surface area contributed by atoms with Crippen LogP contribution in [0, 0.1) is 12.8 Å². The Morgan fingerprint density at radius 2 is 2.00 bits per heavy atom. The maximum absolute atomic E-state index is 12.0. The highest BCUT2D eigenvalue weighted by molar-refractivity contribution is 5.98. The molecule has 5 nitrogen and oxygen atoms in total. The van der Waals surface area contributed by atoms with Gasteiger partial charge in [-0.2, -0.15) is 0 Å². The number of amides is 2. The van der Waals surface area contributed by atoms with Crippen molar-refractivity contribution in [3.63, 3.8) is 0 Å². The molecule has 1 aromatic carbocycles. The number of aryl methyl sites for hydroxylation is 1. The van der Waals surface area contributed by atoms with Crippen molar-refractivity contribution in [2.45, 2.75) is 52.2 Å². The topological polar surface area (TPSA) is 78.4 Å². The van der Waals surface area contributed by atoms with Crippen LogP contribution in [0.2, 0.25) is 0 Å². The van der Waals surface area contributed by atoms with Crippen molar-refractivity contribution >= 4 is 17.5 Å². The minimum Gasteiger partial charge on any atom is -0.392 e. The molecule has 0 saturated heterocycles. The molecule has 5 heteroatoms. The molecule has 1 atom stereocenters. The van der Waals surface area contributed by atoms with Crippen LogP contribution in [0.1, 0.15) is 49.0 Å². The lowest BCUT2D eigenvalue weighted by Crippen LogP contribution is -2.26. The normalized spacial score (nSPS) is 15.5. The average Bonchev–Trinajstić information content (AvgIpc) is 3.24. The molecule has 1 unspecified atom stereocenters. The third kappa shape index (κ3) is 4.56. The number of nitrogens with one attached hydrogen (secondary N) is 2.